The van der Waals surface area contributed by atoms with Gasteiger partial charge in [0, 0.05) is 13.2 Å². The van der Waals surface area contributed by atoms with Crippen molar-refractivity contribution in [2.75, 3.05) is 26.3 Å². The van der Waals surface area contributed by atoms with E-state index >= 15 is 0 Å². The van der Waals surface area contributed by atoms with Crippen molar-refractivity contribution in [3.63, 3.8) is 0 Å². The molecule has 1 unspecified atom stereocenters. The third kappa shape index (κ3) is 4.93. The Balaban J connectivity index is 1.83. The van der Waals surface area contributed by atoms with Gasteiger partial charge in [0.2, 0.25) is 15.9 Å². The lowest BCUT2D eigenvalue weighted by Crippen LogP contribution is -2.36. The molecule has 1 aliphatic heterocycles. The Morgan fingerprint density at radius 2 is 2.21 bits per heavy atom. The number of amides is 1. The van der Waals surface area contributed by atoms with Crippen LogP contribution in [-0.4, -0.2) is 46.7 Å². The lowest BCUT2D eigenvalue weighted by atomic mass is 10.2. The van der Waals surface area contributed by atoms with E-state index in [1.54, 1.807) is 26.0 Å². The van der Waals surface area contributed by atoms with E-state index in [1.807, 2.05) is 0 Å². The minimum absolute atomic E-state index is 0.111. The maximum absolute atomic E-state index is 11.9. The SMILES string of the molecule is CCNS(=O)(=O)c1ccc(OCCNC(=O)C2CCCO2)c(C)c1. The molecule has 2 rings (SSSR count). The topological polar surface area (TPSA) is 93.7 Å². The van der Waals surface area contributed by atoms with Gasteiger partial charge in [0.15, 0.2) is 0 Å². The lowest BCUT2D eigenvalue weighted by molar-refractivity contribution is -0.130. The first-order chi connectivity index (χ1) is 11.4. The number of carbonyl (C=O) groups excluding carboxylic acids is 1. The van der Waals surface area contributed by atoms with Crippen LogP contribution in [0.5, 0.6) is 5.75 Å². The van der Waals surface area contributed by atoms with Crippen molar-refractivity contribution in [1.82, 2.24) is 10.0 Å². The van der Waals surface area contributed by atoms with Crippen LogP contribution in [0.1, 0.15) is 25.3 Å². The molecular weight excluding hydrogens is 332 g/mol. The molecule has 1 fully saturated rings. The summed E-state index contributed by atoms with van der Waals surface area (Å²) in [7, 11) is -3.47. The molecule has 7 nitrogen and oxygen atoms in total. The second-order valence-corrected chi connectivity index (χ2v) is 7.34. The Labute approximate surface area is 142 Å². The van der Waals surface area contributed by atoms with Crippen LogP contribution in [0.2, 0.25) is 0 Å². The summed E-state index contributed by atoms with van der Waals surface area (Å²) >= 11 is 0. The van der Waals surface area contributed by atoms with Gasteiger partial charge in [-0.1, -0.05) is 6.92 Å². The highest BCUT2D eigenvalue weighted by molar-refractivity contribution is 7.89. The fourth-order valence-electron chi connectivity index (χ4n) is 2.46. The predicted octanol–water partition coefficient (Wildman–Crippen LogP) is 0.967. The summed E-state index contributed by atoms with van der Waals surface area (Å²) < 4.78 is 37.2. The Bertz CT molecular complexity index is 669. The van der Waals surface area contributed by atoms with E-state index in [2.05, 4.69) is 10.0 Å². The summed E-state index contributed by atoms with van der Waals surface area (Å²) in [5.74, 6) is 0.483. The molecule has 24 heavy (non-hydrogen) atoms. The number of sulfonamides is 1. The number of hydrogen-bond donors (Lipinski definition) is 2. The Kier molecular flexibility index (Phi) is 6.59. The Hall–Kier alpha value is -1.64. The van der Waals surface area contributed by atoms with E-state index < -0.39 is 10.0 Å². The highest BCUT2D eigenvalue weighted by Gasteiger charge is 2.22. The average molecular weight is 356 g/mol. The van der Waals surface area contributed by atoms with Crippen molar-refractivity contribution in [1.29, 1.82) is 0 Å². The van der Waals surface area contributed by atoms with Gasteiger partial charge < -0.3 is 14.8 Å². The first kappa shape index (κ1) is 18.7. The maximum Gasteiger partial charge on any atom is 0.249 e. The van der Waals surface area contributed by atoms with E-state index in [0.717, 1.165) is 18.4 Å². The van der Waals surface area contributed by atoms with Crippen molar-refractivity contribution < 1.29 is 22.7 Å². The molecule has 134 valence electrons. The number of ether oxygens (including phenoxy) is 2. The van der Waals surface area contributed by atoms with E-state index in [-0.39, 0.29) is 16.9 Å². The molecule has 1 atom stereocenters. The van der Waals surface area contributed by atoms with Crippen molar-refractivity contribution in [3.8, 4) is 5.75 Å². The van der Waals surface area contributed by atoms with Crippen LogP contribution in [0, 0.1) is 6.92 Å². The third-order valence-corrected chi connectivity index (χ3v) is 5.22. The molecule has 1 saturated heterocycles. The van der Waals surface area contributed by atoms with E-state index in [4.69, 9.17) is 9.47 Å². The molecule has 1 aliphatic rings. The van der Waals surface area contributed by atoms with Gasteiger partial charge in [0.05, 0.1) is 11.4 Å². The van der Waals surface area contributed by atoms with Crippen LogP contribution in [0.15, 0.2) is 23.1 Å². The third-order valence-electron chi connectivity index (χ3n) is 3.67. The zero-order valence-corrected chi connectivity index (χ0v) is 14.8. The minimum atomic E-state index is -3.47. The monoisotopic (exact) mass is 356 g/mol. The van der Waals surface area contributed by atoms with Gasteiger partial charge in [-0.25, -0.2) is 13.1 Å². The lowest BCUT2D eigenvalue weighted by Gasteiger charge is -2.13. The van der Waals surface area contributed by atoms with Gasteiger partial charge in [-0.05, 0) is 43.5 Å². The van der Waals surface area contributed by atoms with E-state index in [9.17, 15) is 13.2 Å². The quantitative estimate of drug-likeness (QED) is 0.677. The van der Waals surface area contributed by atoms with Gasteiger partial charge in [0.25, 0.3) is 0 Å². The molecule has 1 aromatic carbocycles. The van der Waals surface area contributed by atoms with Gasteiger partial charge in [-0.3, -0.25) is 4.79 Å². The summed E-state index contributed by atoms with van der Waals surface area (Å²) in [5.41, 5.74) is 0.722. The number of benzene rings is 1. The summed E-state index contributed by atoms with van der Waals surface area (Å²) in [5, 5.41) is 2.77. The molecule has 0 bridgehead atoms. The molecule has 1 aromatic rings. The van der Waals surface area contributed by atoms with Gasteiger partial charge in [0.1, 0.15) is 18.5 Å². The molecule has 0 aromatic heterocycles. The maximum atomic E-state index is 11.9. The fraction of sp³-hybridized carbons (Fsp3) is 0.562. The number of nitrogens with one attached hydrogen (secondary N) is 2. The molecule has 1 amide bonds. The Morgan fingerprint density at radius 3 is 2.83 bits per heavy atom. The zero-order valence-electron chi connectivity index (χ0n) is 14.0. The fourth-order valence-corrected chi connectivity index (χ4v) is 3.58. The molecule has 2 N–H and O–H groups in total. The van der Waals surface area contributed by atoms with Gasteiger partial charge in [-0.2, -0.15) is 0 Å². The molecule has 0 aliphatic carbocycles. The number of aryl methyl sites for hydroxylation is 1. The highest BCUT2D eigenvalue weighted by atomic mass is 32.2. The van der Waals surface area contributed by atoms with Crippen molar-refractivity contribution in [3.05, 3.63) is 23.8 Å². The molecular formula is C16H24N2O5S. The summed E-state index contributed by atoms with van der Waals surface area (Å²) in [6.45, 7) is 5.16. The van der Waals surface area contributed by atoms with Crippen LogP contribution >= 0.6 is 0 Å². The second-order valence-electron chi connectivity index (χ2n) is 5.57. The van der Waals surface area contributed by atoms with Crippen molar-refractivity contribution in [2.24, 2.45) is 0 Å². The number of hydrogen-bond acceptors (Lipinski definition) is 5. The average Bonchev–Trinajstić information content (AvgIpc) is 3.07. The first-order valence-electron chi connectivity index (χ1n) is 8.06. The van der Waals surface area contributed by atoms with Gasteiger partial charge >= 0.3 is 0 Å². The molecule has 0 spiro atoms. The number of rotatable bonds is 8. The van der Waals surface area contributed by atoms with Crippen molar-refractivity contribution >= 4 is 15.9 Å². The van der Waals surface area contributed by atoms with Gasteiger partial charge in [-0.15, -0.1) is 0 Å². The summed E-state index contributed by atoms with van der Waals surface area (Å²) in [4.78, 5) is 12.0. The standard InChI is InChI=1S/C16H24N2O5S/c1-3-18-24(20,21)13-6-7-14(12(2)11-13)23-10-8-17-16(19)15-5-4-9-22-15/h6-7,11,15,18H,3-5,8-10H2,1-2H3,(H,17,19). The van der Waals surface area contributed by atoms with E-state index in [1.165, 1.54) is 6.07 Å². The van der Waals surface area contributed by atoms with Crippen LogP contribution in [0.25, 0.3) is 0 Å². The zero-order chi connectivity index (χ0) is 17.6. The summed E-state index contributed by atoms with van der Waals surface area (Å²) in [6.07, 6.45) is 1.32. The van der Waals surface area contributed by atoms with Crippen LogP contribution < -0.4 is 14.8 Å². The minimum Gasteiger partial charge on any atom is -0.491 e. The van der Waals surface area contributed by atoms with E-state index in [0.29, 0.717) is 32.1 Å². The van der Waals surface area contributed by atoms with Crippen LogP contribution in [-0.2, 0) is 19.6 Å². The van der Waals surface area contributed by atoms with Crippen LogP contribution in [0.3, 0.4) is 0 Å². The van der Waals surface area contributed by atoms with Crippen molar-refractivity contribution in [2.45, 2.75) is 37.7 Å². The summed E-state index contributed by atoms with van der Waals surface area (Å²) in [6, 6.07) is 4.70. The predicted molar refractivity (Wildman–Crippen MR) is 89.5 cm³/mol. The first-order valence-corrected chi connectivity index (χ1v) is 9.55. The Morgan fingerprint density at radius 1 is 1.42 bits per heavy atom. The number of carbonyl (C=O) groups is 1. The molecule has 0 saturated carbocycles. The normalized spacial score (nSPS) is 17.7. The largest absolute Gasteiger partial charge is 0.491 e. The van der Waals surface area contributed by atoms with Crippen LogP contribution in [0.4, 0.5) is 0 Å². The highest BCUT2D eigenvalue weighted by Crippen LogP contribution is 2.21. The molecule has 8 heteroatoms. The molecule has 0 radical (unpaired) electrons. The smallest absolute Gasteiger partial charge is 0.249 e. The second kappa shape index (κ2) is 8.46. The molecule has 1 heterocycles.